The molecule has 6 nitrogen and oxygen atoms in total. The van der Waals surface area contributed by atoms with Gasteiger partial charge in [0.15, 0.2) is 0 Å². The molecule has 0 saturated carbocycles. The molecule has 1 fully saturated rings. The van der Waals surface area contributed by atoms with Gasteiger partial charge in [-0.3, -0.25) is 14.6 Å². The minimum atomic E-state index is -0.924. The van der Waals surface area contributed by atoms with Crippen LogP contribution in [0.15, 0.2) is 0 Å². The third kappa shape index (κ3) is 5.21. The smallest absolute Gasteiger partial charge is 0.240 e. The van der Waals surface area contributed by atoms with Gasteiger partial charge in [-0.05, 0) is 32.2 Å². The Morgan fingerprint density at radius 2 is 1.67 bits per heavy atom. The molecule has 123 valence electrons. The number of hydrogen-bond acceptors (Lipinski definition) is 4. The summed E-state index contributed by atoms with van der Waals surface area (Å²) in [4.78, 5) is 15.8. The van der Waals surface area contributed by atoms with Crippen molar-refractivity contribution < 1.29 is 15.0 Å². The van der Waals surface area contributed by atoms with Crippen molar-refractivity contribution in [2.24, 2.45) is 0 Å². The van der Waals surface area contributed by atoms with Crippen molar-refractivity contribution >= 4 is 5.91 Å². The zero-order chi connectivity index (χ0) is 15.8. The standard InChI is InChI=1S/C15H30N3O3/c1-4-13(19)18(14(20)5-2)15(21)11-17(6-3)12-7-9-16-10-8-12/h12-14,19-20H,4-11H2,1-3H3. The lowest BCUT2D eigenvalue weighted by atomic mass is 10.0. The van der Waals surface area contributed by atoms with Crippen LogP contribution >= 0.6 is 0 Å². The van der Waals surface area contributed by atoms with Crippen LogP contribution in [0.2, 0.25) is 0 Å². The Labute approximate surface area is 128 Å². The average molecular weight is 300 g/mol. The van der Waals surface area contributed by atoms with Gasteiger partial charge < -0.3 is 10.2 Å². The maximum absolute atomic E-state index is 12.5. The van der Waals surface area contributed by atoms with Gasteiger partial charge in [0.25, 0.3) is 0 Å². The van der Waals surface area contributed by atoms with Crippen molar-refractivity contribution in [1.82, 2.24) is 15.1 Å². The van der Waals surface area contributed by atoms with Crippen LogP contribution in [0.3, 0.4) is 0 Å². The predicted octanol–water partition coefficient (Wildman–Crippen LogP) is 0.361. The number of amides is 1. The van der Waals surface area contributed by atoms with Crippen LogP contribution in [0.4, 0.5) is 0 Å². The lowest BCUT2D eigenvalue weighted by Crippen LogP contribution is -2.52. The molecular weight excluding hydrogens is 270 g/mol. The number of aliphatic hydroxyl groups excluding tert-OH is 2. The summed E-state index contributed by atoms with van der Waals surface area (Å²) < 4.78 is 0. The molecule has 0 aromatic carbocycles. The first-order valence-electron chi connectivity index (χ1n) is 8.09. The molecule has 1 aliphatic heterocycles. The van der Waals surface area contributed by atoms with E-state index >= 15 is 0 Å². The number of carbonyl (C=O) groups excluding carboxylic acids is 1. The monoisotopic (exact) mass is 300 g/mol. The van der Waals surface area contributed by atoms with Gasteiger partial charge in [-0.1, -0.05) is 20.8 Å². The SMILES string of the molecule is CCC(O)N(C(=O)CN(CC)C1CC[N]CC1)C(O)CC. The Balaban J connectivity index is 2.68. The summed E-state index contributed by atoms with van der Waals surface area (Å²) in [5, 5.41) is 24.3. The predicted molar refractivity (Wildman–Crippen MR) is 81.6 cm³/mol. The van der Waals surface area contributed by atoms with Gasteiger partial charge in [-0.25, -0.2) is 5.32 Å². The van der Waals surface area contributed by atoms with Crippen LogP contribution in [0, 0.1) is 0 Å². The molecule has 2 atom stereocenters. The van der Waals surface area contributed by atoms with Gasteiger partial charge in [0.2, 0.25) is 5.91 Å². The van der Waals surface area contributed by atoms with E-state index in [0.29, 0.717) is 18.9 Å². The van der Waals surface area contributed by atoms with Crippen LogP contribution in [-0.2, 0) is 4.79 Å². The van der Waals surface area contributed by atoms with Crippen molar-refractivity contribution in [2.45, 2.75) is 65.0 Å². The number of rotatable bonds is 8. The van der Waals surface area contributed by atoms with Gasteiger partial charge in [-0.15, -0.1) is 0 Å². The summed E-state index contributed by atoms with van der Waals surface area (Å²) >= 11 is 0. The highest BCUT2D eigenvalue weighted by Crippen LogP contribution is 2.15. The van der Waals surface area contributed by atoms with Crippen molar-refractivity contribution in [3.63, 3.8) is 0 Å². The molecule has 21 heavy (non-hydrogen) atoms. The second kappa shape index (κ2) is 9.35. The van der Waals surface area contributed by atoms with E-state index in [0.717, 1.165) is 32.5 Å². The number of piperidine rings is 1. The van der Waals surface area contributed by atoms with Crippen LogP contribution in [0.25, 0.3) is 0 Å². The summed E-state index contributed by atoms with van der Waals surface area (Å²) in [6, 6.07) is 0.371. The fraction of sp³-hybridized carbons (Fsp3) is 0.933. The number of hydrogen-bond donors (Lipinski definition) is 2. The molecule has 0 aliphatic carbocycles. The zero-order valence-electron chi connectivity index (χ0n) is 13.5. The van der Waals surface area contributed by atoms with Gasteiger partial charge in [-0.2, -0.15) is 0 Å². The number of nitrogens with zero attached hydrogens (tertiary/aromatic N) is 3. The molecular formula is C15H30N3O3. The molecule has 1 amide bonds. The third-order valence-electron chi connectivity index (χ3n) is 4.16. The van der Waals surface area contributed by atoms with Crippen molar-refractivity contribution in [1.29, 1.82) is 0 Å². The highest BCUT2D eigenvalue weighted by Gasteiger charge is 2.29. The Bertz CT molecular complexity index is 299. The van der Waals surface area contributed by atoms with Gasteiger partial charge >= 0.3 is 0 Å². The first-order chi connectivity index (χ1) is 10.0. The van der Waals surface area contributed by atoms with E-state index in [4.69, 9.17) is 0 Å². The lowest BCUT2D eigenvalue weighted by molar-refractivity contribution is -0.162. The first kappa shape index (κ1) is 18.4. The number of carbonyl (C=O) groups is 1. The van der Waals surface area contributed by atoms with Crippen molar-refractivity contribution in [2.75, 3.05) is 26.2 Å². The summed E-state index contributed by atoms with van der Waals surface area (Å²) in [6.45, 7) is 8.38. The van der Waals surface area contributed by atoms with E-state index in [1.807, 2.05) is 6.92 Å². The summed E-state index contributed by atoms with van der Waals surface area (Å²) in [5.41, 5.74) is 0. The van der Waals surface area contributed by atoms with Gasteiger partial charge in [0.05, 0.1) is 6.54 Å². The molecule has 2 unspecified atom stereocenters. The van der Waals surface area contributed by atoms with Crippen molar-refractivity contribution in [3.8, 4) is 0 Å². The molecule has 0 spiro atoms. The molecule has 1 radical (unpaired) electrons. The minimum absolute atomic E-state index is 0.205. The Morgan fingerprint density at radius 3 is 2.10 bits per heavy atom. The Morgan fingerprint density at radius 1 is 1.14 bits per heavy atom. The molecule has 0 bridgehead atoms. The summed E-state index contributed by atoms with van der Waals surface area (Å²) in [6.07, 6.45) is 0.941. The van der Waals surface area contributed by atoms with E-state index < -0.39 is 12.5 Å². The first-order valence-corrected chi connectivity index (χ1v) is 8.09. The quantitative estimate of drug-likeness (QED) is 0.635. The fourth-order valence-corrected chi connectivity index (χ4v) is 2.78. The summed E-state index contributed by atoms with van der Waals surface area (Å²) in [7, 11) is 0. The molecule has 2 N–H and O–H groups in total. The normalized spacial score (nSPS) is 19.5. The van der Waals surface area contributed by atoms with Gasteiger partial charge in [0.1, 0.15) is 12.5 Å². The molecule has 6 heteroatoms. The zero-order valence-corrected chi connectivity index (χ0v) is 13.5. The van der Waals surface area contributed by atoms with Crippen LogP contribution in [0.5, 0.6) is 0 Å². The van der Waals surface area contributed by atoms with Crippen LogP contribution in [0.1, 0.15) is 46.5 Å². The second-order valence-corrected chi connectivity index (χ2v) is 5.54. The molecule has 0 aromatic rings. The van der Waals surface area contributed by atoms with Crippen LogP contribution < -0.4 is 5.32 Å². The Kier molecular flexibility index (Phi) is 8.18. The second-order valence-electron chi connectivity index (χ2n) is 5.54. The fourth-order valence-electron chi connectivity index (χ4n) is 2.78. The molecule has 1 saturated heterocycles. The lowest BCUT2D eigenvalue weighted by Gasteiger charge is -2.37. The largest absolute Gasteiger partial charge is 0.373 e. The minimum Gasteiger partial charge on any atom is -0.373 e. The Hall–Kier alpha value is -0.690. The number of likely N-dealkylation sites (N-methyl/N-ethyl adjacent to an activating group) is 1. The molecule has 1 aliphatic rings. The van der Waals surface area contributed by atoms with E-state index in [9.17, 15) is 15.0 Å². The highest BCUT2D eigenvalue weighted by atomic mass is 16.3. The van der Waals surface area contributed by atoms with E-state index in [-0.39, 0.29) is 12.5 Å². The van der Waals surface area contributed by atoms with Crippen LogP contribution in [-0.4, -0.2) is 70.6 Å². The van der Waals surface area contributed by atoms with E-state index in [1.54, 1.807) is 13.8 Å². The average Bonchev–Trinajstić information content (AvgIpc) is 2.53. The van der Waals surface area contributed by atoms with Gasteiger partial charge in [0, 0.05) is 19.1 Å². The third-order valence-corrected chi connectivity index (χ3v) is 4.16. The maximum atomic E-state index is 12.5. The van der Waals surface area contributed by atoms with E-state index in [1.165, 1.54) is 4.90 Å². The molecule has 1 rings (SSSR count). The van der Waals surface area contributed by atoms with E-state index in [2.05, 4.69) is 10.2 Å². The summed E-state index contributed by atoms with van der Waals surface area (Å²) in [5.74, 6) is -0.205. The molecule has 0 aromatic heterocycles. The topological polar surface area (TPSA) is 78.1 Å². The molecule has 1 heterocycles. The maximum Gasteiger partial charge on any atom is 0.240 e. The van der Waals surface area contributed by atoms with Crippen molar-refractivity contribution in [3.05, 3.63) is 0 Å². The highest BCUT2D eigenvalue weighted by molar-refractivity contribution is 5.78. The number of aliphatic hydroxyl groups is 2.